The van der Waals surface area contributed by atoms with E-state index in [1.54, 1.807) is 0 Å². The Balaban J connectivity index is 2.47. The van der Waals surface area contributed by atoms with E-state index >= 15 is 0 Å². The van der Waals surface area contributed by atoms with Gasteiger partial charge in [0.2, 0.25) is 0 Å². The topological polar surface area (TPSA) is 113 Å². The lowest BCUT2D eigenvalue weighted by Crippen LogP contribution is -2.49. The Labute approximate surface area is 121 Å². The van der Waals surface area contributed by atoms with Crippen molar-refractivity contribution in [2.75, 3.05) is 6.61 Å². The summed E-state index contributed by atoms with van der Waals surface area (Å²) in [6.45, 7) is 1.63. The second kappa shape index (κ2) is 8.92. The van der Waals surface area contributed by atoms with E-state index < -0.39 is 43.1 Å². The summed E-state index contributed by atoms with van der Waals surface area (Å²) in [6, 6.07) is -2.04. The predicted octanol–water partition coefficient (Wildman–Crippen LogP) is -0.877. The SMILES string of the molecule is [2H]N1[C@H](C(O)C(O)CCCCCCC)[C@H](O)[C@H](O)[C@@H]1CO. The quantitative estimate of drug-likeness (QED) is 0.308. The first-order chi connectivity index (χ1) is 9.95. The van der Waals surface area contributed by atoms with Crippen molar-refractivity contribution < 1.29 is 26.9 Å². The zero-order valence-corrected chi connectivity index (χ0v) is 12.1. The molecule has 1 saturated heterocycles. The fourth-order valence-corrected chi connectivity index (χ4v) is 2.63. The summed E-state index contributed by atoms with van der Waals surface area (Å²) in [5, 5.41) is 49.7. The molecular formula is C14H29NO5. The maximum absolute atomic E-state index is 10.1. The minimum Gasteiger partial charge on any atom is -0.395 e. The largest absolute Gasteiger partial charge is 0.395 e. The zero-order valence-electron chi connectivity index (χ0n) is 13.1. The number of nitrogens with one attached hydrogen (secondary N) is 1. The molecule has 0 spiro atoms. The zero-order chi connectivity index (χ0) is 16.0. The molecule has 6 N–H and O–H groups in total. The lowest BCUT2D eigenvalue weighted by Gasteiger charge is -2.26. The van der Waals surface area contributed by atoms with Crippen LogP contribution in [0.25, 0.3) is 0 Å². The van der Waals surface area contributed by atoms with Crippen LogP contribution in [-0.2, 0) is 0 Å². The van der Waals surface area contributed by atoms with Crippen molar-refractivity contribution in [2.24, 2.45) is 0 Å². The summed E-state index contributed by atoms with van der Waals surface area (Å²) < 4.78 is 7.78. The average molecular weight is 292 g/mol. The van der Waals surface area contributed by atoms with Gasteiger partial charge in [-0.25, -0.2) is 0 Å². The van der Waals surface area contributed by atoms with Crippen molar-refractivity contribution in [1.29, 1.82) is 0 Å². The maximum Gasteiger partial charge on any atom is 0.123 e. The van der Waals surface area contributed by atoms with Gasteiger partial charge in [-0.2, -0.15) is 0 Å². The average Bonchev–Trinajstić information content (AvgIpc) is 2.67. The van der Waals surface area contributed by atoms with Crippen molar-refractivity contribution >= 4 is 0 Å². The molecule has 1 heterocycles. The lowest BCUT2D eigenvalue weighted by atomic mass is 9.96. The van der Waals surface area contributed by atoms with Crippen LogP contribution in [0.1, 0.15) is 45.4 Å². The third kappa shape index (κ3) is 4.65. The Bertz CT molecular complexity index is 297. The first kappa shape index (κ1) is 16.1. The standard InChI is InChI=1S/C14H29NO5/c1-2-3-4-5-6-7-10(17)13(19)11-14(20)12(18)9(8-16)15-11/h9-20H,2-8H2,1H3/t9-,10?,11+,12+,13?,14-/m0/s1/i/hD. The number of unbranched alkanes of at least 4 members (excludes halogenated alkanes) is 4. The third-order valence-electron chi connectivity index (χ3n) is 3.99. The van der Waals surface area contributed by atoms with Gasteiger partial charge >= 0.3 is 0 Å². The smallest absolute Gasteiger partial charge is 0.123 e. The van der Waals surface area contributed by atoms with Gasteiger partial charge < -0.3 is 30.8 Å². The molecule has 6 atom stereocenters. The van der Waals surface area contributed by atoms with Crippen LogP contribution in [0.3, 0.4) is 0 Å². The molecule has 0 amide bonds. The molecule has 6 heteroatoms. The van der Waals surface area contributed by atoms with E-state index in [1.165, 1.54) is 0 Å². The number of aliphatic hydroxyl groups excluding tert-OH is 5. The van der Waals surface area contributed by atoms with Crippen molar-refractivity contribution in [1.82, 2.24) is 5.31 Å². The van der Waals surface area contributed by atoms with Gasteiger partial charge in [0.05, 0.1) is 43.1 Å². The molecule has 0 aromatic heterocycles. The maximum atomic E-state index is 10.1. The summed E-state index contributed by atoms with van der Waals surface area (Å²) in [6.07, 6.45) is 0.455. The highest BCUT2D eigenvalue weighted by atomic mass is 16.4. The normalized spacial score (nSPS) is 35.0. The molecule has 2 unspecified atom stereocenters. The van der Waals surface area contributed by atoms with Gasteiger partial charge in [0.1, 0.15) is 1.41 Å². The summed E-state index contributed by atoms with van der Waals surface area (Å²) in [4.78, 5) is 0. The van der Waals surface area contributed by atoms with Gasteiger partial charge in [-0.3, -0.25) is 0 Å². The van der Waals surface area contributed by atoms with Crippen LogP contribution >= 0.6 is 0 Å². The van der Waals surface area contributed by atoms with E-state index in [9.17, 15) is 20.4 Å². The van der Waals surface area contributed by atoms with E-state index in [-0.39, 0.29) is 0 Å². The van der Waals surface area contributed by atoms with Crippen LogP contribution in [0.5, 0.6) is 0 Å². The van der Waals surface area contributed by atoms with E-state index in [0.29, 0.717) is 6.42 Å². The van der Waals surface area contributed by atoms with Gasteiger partial charge in [-0.15, -0.1) is 0 Å². The first-order valence-corrected chi connectivity index (χ1v) is 7.56. The van der Waals surface area contributed by atoms with Gasteiger partial charge in [0.25, 0.3) is 0 Å². The van der Waals surface area contributed by atoms with Gasteiger partial charge in [0.15, 0.2) is 0 Å². The molecule has 0 radical (unpaired) electrons. The molecule has 1 aliphatic heterocycles. The highest BCUT2D eigenvalue weighted by Crippen LogP contribution is 2.20. The van der Waals surface area contributed by atoms with Crippen molar-refractivity contribution in [3.05, 3.63) is 0 Å². The van der Waals surface area contributed by atoms with Crippen LogP contribution in [0.2, 0.25) is 1.41 Å². The third-order valence-corrected chi connectivity index (χ3v) is 3.99. The first-order valence-electron chi connectivity index (χ1n) is 8.00. The number of aliphatic hydroxyl groups is 5. The molecule has 6 nitrogen and oxygen atoms in total. The number of hydrogen-bond acceptors (Lipinski definition) is 6. The predicted molar refractivity (Wildman–Crippen MR) is 75.2 cm³/mol. The number of hydrogen-bond donors (Lipinski definition) is 6. The van der Waals surface area contributed by atoms with E-state index in [0.717, 1.165) is 37.4 Å². The summed E-state index contributed by atoms with van der Waals surface area (Å²) in [5.41, 5.74) is 0. The van der Waals surface area contributed by atoms with E-state index in [4.69, 9.17) is 6.52 Å². The van der Waals surface area contributed by atoms with Crippen molar-refractivity contribution in [2.45, 2.75) is 81.9 Å². The van der Waals surface area contributed by atoms with Gasteiger partial charge in [-0.1, -0.05) is 39.0 Å². The van der Waals surface area contributed by atoms with Crippen LogP contribution in [-0.4, -0.2) is 68.6 Å². The second-order valence-corrected chi connectivity index (χ2v) is 5.63. The molecule has 0 aromatic rings. The molecule has 0 bridgehead atoms. The Kier molecular flexibility index (Phi) is 7.19. The molecule has 1 aliphatic rings. The fourth-order valence-electron chi connectivity index (χ4n) is 2.63. The highest BCUT2D eigenvalue weighted by molar-refractivity contribution is 5.02. The Morgan fingerprint density at radius 3 is 2.30 bits per heavy atom. The fraction of sp³-hybridized carbons (Fsp3) is 1.00. The van der Waals surface area contributed by atoms with Crippen LogP contribution in [0.15, 0.2) is 0 Å². The monoisotopic (exact) mass is 292 g/mol. The van der Waals surface area contributed by atoms with Gasteiger partial charge in [-0.05, 0) is 6.42 Å². The molecule has 0 aliphatic carbocycles. The summed E-state index contributed by atoms with van der Waals surface area (Å²) >= 11 is 0. The number of rotatable bonds is 9. The Morgan fingerprint density at radius 2 is 1.75 bits per heavy atom. The highest BCUT2D eigenvalue weighted by Gasteiger charge is 2.45. The molecule has 1 rings (SSSR count). The molecule has 20 heavy (non-hydrogen) atoms. The van der Waals surface area contributed by atoms with Crippen LogP contribution in [0.4, 0.5) is 0 Å². The minimum atomic E-state index is -1.36. The van der Waals surface area contributed by atoms with Crippen molar-refractivity contribution in [3.63, 3.8) is 0 Å². The van der Waals surface area contributed by atoms with E-state index in [1.807, 2.05) is 0 Å². The Morgan fingerprint density at radius 1 is 1.10 bits per heavy atom. The van der Waals surface area contributed by atoms with Gasteiger partial charge in [0, 0.05) is 0 Å². The lowest BCUT2D eigenvalue weighted by molar-refractivity contribution is -0.0470. The molecule has 1 fully saturated rings. The molecule has 120 valence electrons. The Hall–Kier alpha value is -0.240. The molecule has 0 aromatic carbocycles. The summed E-state index contributed by atoms with van der Waals surface area (Å²) in [5.74, 6) is 0. The van der Waals surface area contributed by atoms with E-state index in [2.05, 4.69) is 6.92 Å². The van der Waals surface area contributed by atoms with Crippen molar-refractivity contribution in [3.8, 4) is 0 Å². The summed E-state index contributed by atoms with van der Waals surface area (Å²) in [7, 11) is 0. The minimum absolute atomic E-state index is 0.391. The van der Waals surface area contributed by atoms with Crippen LogP contribution in [0, 0.1) is 0 Å². The van der Waals surface area contributed by atoms with Crippen LogP contribution < -0.4 is 5.31 Å². The second-order valence-electron chi connectivity index (χ2n) is 5.63. The molecular weight excluding hydrogens is 262 g/mol. The molecule has 0 saturated carbocycles.